The number of nitrogens with zero attached hydrogens (tertiary/aromatic N) is 2. The molecule has 248 valence electrons. The Bertz CT molecular complexity index is 1880. The van der Waals surface area contributed by atoms with Gasteiger partial charge in [0.2, 0.25) is 0 Å². The molecule has 0 atom stereocenters. The van der Waals surface area contributed by atoms with Crippen LogP contribution in [0.25, 0.3) is 10.2 Å². The Morgan fingerprint density at radius 3 is 2.09 bits per heavy atom. The SMILES string of the molecule is O=C(NCCCN1CCOCC1)Nc1nc2ccc(OS(=O)(=O)c3c(Cl)cccc3Cl)cc2s1.O=S(=O)(O)c1c(Cl)cccc1Cl. The molecule has 1 aliphatic rings. The van der Waals surface area contributed by atoms with E-state index < -0.39 is 25.1 Å². The molecule has 2 heterocycles. The number of fused-ring (bicyclic) bond motifs is 1. The first-order valence-corrected chi connectivity index (χ1v) is 18.5. The topological polar surface area (TPSA) is 164 Å². The van der Waals surface area contributed by atoms with Crippen LogP contribution in [0.1, 0.15) is 6.42 Å². The number of anilines is 1. The summed E-state index contributed by atoms with van der Waals surface area (Å²) in [5.74, 6) is 0.0752. The van der Waals surface area contributed by atoms with Crippen molar-refractivity contribution < 1.29 is 35.1 Å². The van der Waals surface area contributed by atoms with Crippen molar-refractivity contribution in [1.82, 2.24) is 15.2 Å². The number of amides is 2. The number of thiazole rings is 1. The van der Waals surface area contributed by atoms with E-state index in [-0.39, 0.29) is 36.8 Å². The third-order valence-corrected chi connectivity index (χ3v) is 11.1. The van der Waals surface area contributed by atoms with Gasteiger partial charge in [-0.2, -0.15) is 16.8 Å². The molecule has 4 aromatic rings. The zero-order valence-corrected chi connectivity index (χ0v) is 29.1. The second-order valence-corrected chi connectivity index (χ2v) is 15.0. The van der Waals surface area contributed by atoms with Crippen LogP contribution in [0, 0.1) is 0 Å². The second kappa shape index (κ2) is 16.1. The Labute approximate surface area is 289 Å². The van der Waals surface area contributed by atoms with Crippen LogP contribution < -0.4 is 14.8 Å². The molecule has 3 aromatic carbocycles. The number of nitrogens with one attached hydrogen (secondary N) is 2. The minimum Gasteiger partial charge on any atom is -0.379 e. The number of carbonyl (C=O) groups excluding carboxylic acids is 1. The third-order valence-electron chi connectivity index (χ3n) is 6.17. The highest BCUT2D eigenvalue weighted by Gasteiger charge is 2.24. The van der Waals surface area contributed by atoms with Crippen LogP contribution in [0.3, 0.4) is 0 Å². The summed E-state index contributed by atoms with van der Waals surface area (Å²) in [6.07, 6.45) is 0.831. The fraction of sp³-hybridized carbons (Fsp3) is 0.259. The van der Waals surface area contributed by atoms with Crippen LogP contribution >= 0.6 is 57.7 Å². The summed E-state index contributed by atoms with van der Waals surface area (Å²) in [4.78, 5) is 18.1. The minimum atomic E-state index is -4.33. The second-order valence-electron chi connectivity index (χ2n) is 9.45. The summed E-state index contributed by atoms with van der Waals surface area (Å²) >= 11 is 24.2. The molecule has 0 spiro atoms. The summed E-state index contributed by atoms with van der Waals surface area (Å²) in [5, 5.41) is 5.66. The number of benzene rings is 3. The van der Waals surface area contributed by atoms with Crippen molar-refractivity contribution in [3.63, 3.8) is 0 Å². The fourth-order valence-electron chi connectivity index (χ4n) is 4.10. The van der Waals surface area contributed by atoms with Crippen molar-refractivity contribution in [1.29, 1.82) is 0 Å². The molecule has 0 aliphatic carbocycles. The summed E-state index contributed by atoms with van der Waals surface area (Å²) in [6.45, 7) is 4.76. The summed E-state index contributed by atoms with van der Waals surface area (Å²) < 4.78 is 66.5. The maximum atomic E-state index is 12.7. The van der Waals surface area contributed by atoms with Crippen LogP contribution in [0.15, 0.2) is 64.4 Å². The number of urea groups is 1. The van der Waals surface area contributed by atoms with Crippen LogP contribution in [0.2, 0.25) is 20.1 Å². The van der Waals surface area contributed by atoms with Crippen LogP contribution in [-0.2, 0) is 25.0 Å². The minimum absolute atomic E-state index is 0.0335. The van der Waals surface area contributed by atoms with Crippen LogP contribution in [-0.4, -0.2) is 76.7 Å². The first kappa shape index (κ1) is 36.4. The zero-order valence-electron chi connectivity index (χ0n) is 23.6. The molecule has 0 unspecified atom stereocenters. The van der Waals surface area contributed by atoms with E-state index in [2.05, 4.69) is 20.5 Å². The largest absolute Gasteiger partial charge is 0.379 e. The first-order valence-electron chi connectivity index (χ1n) is 13.3. The van der Waals surface area contributed by atoms with Gasteiger partial charge in [0.15, 0.2) is 5.13 Å². The standard InChI is InChI=1S/C21H22Cl2N4O5S2.C6H4Cl2O3S/c22-15-3-1-4-16(23)19(15)34(29,30)32-14-5-6-17-18(13-14)33-21(25-17)26-20(28)24-7-2-8-27-9-11-31-12-10-27;7-4-2-1-3-5(8)6(4)12(9,10)11/h1,3-6,13H,2,7-12H2,(H2,24,25,26,28);1-3H,(H,9,10,11). The Morgan fingerprint density at radius 2 is 1.52 bits per heavy atom. The fourth-order valence-corrected chi connectivity index (χ4v) is 8.62. The van der Waals surface area contributed by atoms with Crippen molar-refractivity contribution in [3.8, 4) is 5.75 Å². The van der Waals surface area contributed by atoms with E-state index in [0.29, 0.717) is 21.9 Å². The number of morpholine rings is 1. The molecule has 3 N–H and O–H groups in total. The quantitative estimate of drug-likeness (QED) is 0.0978. The lowest BCUT2D eigenvalue weighted by Gasteiger charge is -2.26. The Balaban J connectivity index is 0.000000337. The van der Waals surface area contributed by atoms with Crippen molar-refractivity contribution in [2.45, 2.75) is 16.2 Å². The average molecular weight is 773 g/mol. The molecule has 1 aromatic heterocycles. The molecule has 0 bridgehead atoms. The van der Waals surface area contributed by atoms with Crippen LogP contribution in [0.4, 0.5) is 9.93 Å². The number of aromatic nitrogens is 1. The highest BCUT2D eigenvalue weighted by atomic mass is 35.5. The number of carbonyl (C=O) groups is 1. The molecule has 1 aliphatic heterocycles. The zero-order chi connectivity index (χ0) is 33.5. The molecule has 5 rings (SSSR count). The van der Waals surface area contributed by atoms with Gasteiger partial charge in [0.25, 0.3) is 10.1 Å². The van der Waals surface area contributed by atoms with Crippen molar-refractivity contribution >= 4 is 99.4 Å². The number of hydrogen-bond donors (Lipinski definition) is 3. The molecular weight excluding hydrogens is 746 g/mol. The smallest absolute Gasteiger partial charge is 0.342 e. The van der Waals surface area contributed by atoms with E-state index >= 15 is 0 Å². The molecule has 1 saturated heterocycles. The lowest BCUT2D eigenvalue weighted by atomic mass is 10.3. The van der Waals surface area contributed by atoms with Gasteiger partial charge < -0.3 is 14.2 Å². The summed E-state index contributed by atoms with van der Waals surface area (Å²) in [6, 6.07) is 12.8. The van der Waals surface area contributed by atoms with E-state index in [1.165, 1.54) is 53.8 Å². The lowest BCUT2D eigenvalue weighted by Crippen LogP contribution is -2.38. The molecular formula is C27H26Cl4N4O8S3. The van der Waals surface area contributed by atoms with Crippen molar-refractivity contribution in [3.05, 3.63) is 74.7 Å². The monoisotopic (exact) mass is 770 g/mol. The number of hydrogen-bond acceptors (Lipinski definition) is 10. The summed E-state index contributed by atoms with van der Waals surface area (Å²) in [7, 11) is -8.57. The lowest BCUT2D eigenvalue weighted by molar-refractivity contribution is 0.0375. The van der Waals surface area contributed by atoms with Gasteiger partial charge in [0.05, 0.1) is 43.5 Å². The van der Waals surface area contributed by atoms with E-state index in [1.54, 1.807) is 12.1 Å². The van der Waals surface area contributed by atoms with Gasteiger partial charge in [-0.15, -0.1) is 0 Å². The molecule has 1 fully saturated rings. The van der Waals surface area contributed by atoms with Gasteiger partial charge >= 0.3 is 16.1 Å². The van der Waals surface area contributed by atoms with Gasteiger partial charge in [0, 0.05) is 25.7 Å². The summed E-state index contributed by atoms with van der Waals surface area (Å²) in [5.41, 5.74) is 0.591. The highest BCUT2D eigenvalue weighted by molar-refractivity contribution is 7.87. The molecule has 0 radical (unpaired) electrons. The predicted molar refractivity (Wildman–Crippen MR) is 179 cm³/mol. The Morgan fingerprint density at radius 1 is 0.935 bits per heavy atom. The van der Waals surface area contributed by atoms with Gasteiger partial charge in [-0.25, -0.2) is 9.78 Å². The third kappa shape index (κ3) is 10.0. The normalized spacial score (nSPS) is 13.9. The first-order chi connectivity index (χ1) is 21.7. The van der Waals surface area contributed by atoms with Gasteiger partial charge in [-0.1, -0.05) is 69.9 Å². The Hall–Kier alpha value is -2.44. The van der Waals surface area contributed by atoms with Gasteiger partial charge in [-0.3, -0.25) is 14.8 Å². The van der Waals surface area contributed by atoms with Gasteiger partial charge in [0.1, 0.15) is 15.5 Å². The maximum Gasteiger partial charge on any atom is 0.342 e. The van der Waals surface area contributed by atoms with Crippen LogP contribution in [0.5, 0.6) is 5.75 Å². The Kier molecular flexibility index (Phi) is 12.7. The number of rotatable bonds is 9. The molecule has 46 heavy (non-hydrogen) atoms. The van der Waals surface area contributed by atoms with E-state index in [1.807, 2.05) is 0 Å². The van der Waals surface area contributed by atoms with E-state index in [4.69, 9.17) is 59.9 Å². The van der Waals surface area contributed by atoms with Crippen molar-refractivity contribution in [2.24, 2.45) is 0 Å². The maximum absolute atomic E-state index is 12.7. The van der Waals surface area contributed by atoms with Gasteiger partial charge in [-0.05, 0) is 49.4 Å². The number of ether oxygens (including phenoxy) is 1. The van der Waals surface area contributed by atoms with E-state index in [0.717, 1.165) is 39.3 Å². The van der Waals surface area contributed by atoms with E-state index in [9.17, 15) is 21.6 Å². The molecule has 19 heteroatoms. The molecule has 0 saturated carbocycles. The predicted octanol–water partition coefficient (Wildman–Crippen LogP) is 6.45. The van der Waals surface area contributed by atoms with Crippen molar-refractivity contribution in [2.75, 3.05) is 44.7 Å². The highest BCUT2D eigenvalue weighted by Crippen LogP contribution is 2.34. The number of halogens is 4. The molecule has 2 amide bonds. The molecule has 12 nitrogen and oxygen atoms in total. The average Bonchev–Trinajstić information content (AvgIpc) is 3.36.